The molecule has 0 aromatic heterocycles. The first-order valence-electron chi connectivity index (χ1n) is 4.96. The molecular formula is C13H9F2IO. The van der Waals surface area contributed by atoms with Crippen molar-refractivity contribution < 1.29 is 13.5 Å². The molecule has 4 heteroatoms. The number of benzene rings is 2. The van der Waals surface area contributed by atoms with Crippen molar-refractivity contribution in [3.05, 3.63) is 52.1 Å². The van der Waals surface area contributed by atoms with E-state index in [2.05, 4.69) is 27.3 Å². The molecule has 0 saturated heterocycles. The Bertz CT molecular complexity index is 497. The Morgan fingerprint density at radius 1 is 0.941 bits per heavy atom. The molecule has 0 bridgehead atoms. The molecule has 2 rings (SSSR count). The predicted octanol–water partition coefficient (Wildman–Crippen LogP) is 4.56. The fourth-order valence-electron chi connectivity index (χ4n) is 1.50. The number of rotatable bonds is 3. The van der Waals surface area contributed by atoms with Crippen molar-refractivity contribution >= 4 is 22.6 Å². The molecule has 2 aromatic rings. The Hall–Kier alpha value is -1.17. The molecule has 17 heavy (non-hydrogen) atoms. The second-order valence-corrected chi connectivity index (χ2v) is 4.66. The van der Waals surface area contributed by atoms with Crippen LogP contribution in [0.15, 0.2) is 48.5 Å². The molecule has 0 heterocycles. The predicted molar refractivity (Wildman–Crippen MR) is 71.2 cm³/mol. The van der Waals surface area contributed by atoms with Gasteiger partial charge in [-0.25, -0.2) is 0 Å². The number of hydrogen-bond acceptors (Lipinski definition) is 1. The Morgan fingerprint density at radius 3 is 2.24 bits per heavy atom. The first kappa shape index (κ1) is 12.3. The highest BCUT2D eigenvalue weighted by molar-refractivity contribution is 14.1. The molecule has 0 saturated carbocycles. The third-order valence-electron chi connectivity index (χ3n) is 2.24. The lowest BCUT2D eigenvalue weighted by atomic mass is 10.1. The molecular weight excluding hydrogens is 337 g/mol. The fourth-order valence-corrected chi connectivity index (χ4v) is 2.04. The molecule has 0 radical (unpaired) electrons. The number of halogens is 3. The second kappa shape index (κ2) is 5.44. The Kier molecular flexibility index (Phi) is 3.93. The Labute approximate surface area is 112 Å². The van der Waals surface area contributed by atoms with Crippen LogP contribution in [-0.4, -0.2) is 6.61 Å². The number of ether oxygens (including phenoxy) is 1. The minimum atomic E-state index is -2.78. The van der Waals surface area contributed by atoms with E-state index >= 15 is 0 Å². The molecule has 0 aliphatic heterocycles. The third-order valence-corrected chi connectivity index (χ3v) is 2.91. The van der Waals surface area contributed by atoms with Crippen LogP contribution >= 0.6 is 22.6 Å². The maximum Gasteiger partial charge on any atom is 0.387 e. The Morgan fingerprint density at radius 2 is 1.65 bits per heavy atom. The summed E-state index contributed by atoms with van der Waals surface area (Å²) in [6.07, 6.45) is 0. The first-order chi connectivity index (χ1) is 8.15. The van der Waals surface area contributed by atoms with Crippen molar-refractivity contribution in [2.45, 2.75) is 6.61 Å². The topological polar surface area (TPSA) is 9.23 Å². The highest BCUT2D eigenvalue weighted by Crippen LogP contribution is 2.24. The van der Waals surface area contributed by atoms with Gasteiger partial charge in [0.05, 0.1) is 0 Å². The van der Waals surface area contributed by atoms with Gasteiger partial charge in [-0.3, -0.25) is 0 Å². The van der Waals surface area contributed by atoms with Crippen molar-refractivity contribution in [3.8, 4) is 16.9 Å². The van der Waals surface area contributed by atoms with Crippen LogP contribution in [0, 0.1) is 3.57 Å². The summed E-state index contributed by atoms with van der Waals surface area (Å²) in [5, 5.41) is 0. The van der Waals surface area contributed by atoms with Crippen LogP contribution in [0.4, 0.5) is 8.78 Å². The molecule has 0 spiro atoms. The molecule has 0 aliphatic carbocycles. The molecule has 0 atom stereocenters. The Balaban J connectivity index is 2.23. The van der Waals surface area contributed by atoms with Gasteiger partial charge in [0.1, 0.15) is 5.75 Å². The van der Waals surface area contributed by atoms with Gasteiger partial charge in [-0.15, -0.1) is 0 Å². The van der Waals surface area contributed by atoms with E-state index in [4.69, 9.17) is 0 Å². The summed E-state index contributed by atoms with van der Waals surface area (Å²) in [5.41, 5.74) is 2.03. The van der Waals surface area contributed by atoms with E-state index in [1.54, 1.807) is 24.3 Å². The van der Waals surface area contributed by atoms with Crippen LogP contribution < -0.4 is 4.74 Å². The van der Waals surface area contributed by atoms with Gasteiger partial charge in [0.2, 0.25) is 0 Å². The van der Waals surface area contributed by atoms with Gasteiger partial charge < -0.3 is 4.74 Å². The molecule has 0 N–H and O–H groups in total. The molecule has 2 aromatic carbocycles. The van der Waals surface area contributed by atoms with E-state index in [1.807, 2.05) is 24.3 Å². The van der Waals surface area contributed by atoms with Gasteiger partial charge in [0, 0.05) is 3.57 Å². The summed E-state index contributed by atoms with van der Waals surface area (Å²) in [6, 6.07) is 14.6. The lowest BCUT2D eigenvalue weighted by molar-refractivity contribution is -0.0498. The summed E-state index contributed by atoms with van der Waals surface area (Å²) in [5.74, 6) is 0.175. The minimum absolute atomic E-state index is 0.175. The van der Waals surface area contributed by atoms with Crippen LogP contribution in [0.5, 0.6) is 5.75 Å². The standard InChI is InChI=1S/C13H9F2IO/c14-13(15)17-12-6-4-9(5-7-12)10-2-1-3-11(16)8-10/h1-8,13H. The lowest BCUT2D eigenvalue weighted by Gasteiger charge is -2.06. The van der Waals surface area contributed by atoms with E-state index < -0.39 is 6.61 Å². The average Bonchev–Trinajstić information content (AvgIpc) is 2.29. The summed E-state index contributed by atoms with van der Waals surface area (Å²) in [7, 11) is 0. The highest BCUT2D eigenvalue weighted by atomic mass is 127. The van der Waals surface area contributed by atoms with Crippen LogP contribution in [-0.2, 0) is 0 Å². The van der Waals surface area contributed by atoms with Gasteiger partial charge in [-0.05, 0) is 58.0 Å². The molecule has 0 aliphatic rings. The van der Waals surface area contributed by atoms with E-state index in [-0.39, 0.29) is 5.75 Å². The SMILES string of the molecule is FC(F)Oc1ccc(-c2cccc(I)c2)cc1. The average molecular weight is 346 g/mol. The van der Waals surface area contributed by atoms with E-state index in [0.717, 1.165) is 14.7 Å². The fraction of sp³-hybridized carbons (Fsp3) is 0.0769. The maximum atomic E-state index is 12.0. The van der Waals surface area contributed by atoms with Gasteiger partial charge in [-0.2, -0.15) is 8.78 Å². The smallest absolute Gasteiger partial charge is 0.387 e. The second-order valence-electron chi connectivity index (χ2n) is 3.41. The zero-order chi connectivity index (χ0) is 12.3. The van der Waals surface area contributed by atoms with Crippen molar-refractivity contribution in [2.75, 3.05) is 0 Å². The molecule has 0 unspecified atom stereocenters. The number of alkyl halides is 2. The van der Waals surface area contributed by atoms with Gasteiger partial charge in [0.25, 0.3) is 0 Å². The molecule has 0 amide bonds. The van der Waals surface area contributed by atoms with E-state index in [1.165, 1.54) is 0 Å². The quantitative estimate of drug-likeness (QED) is 0.741. The normalized spacial score (nSPS) is 10.6. The van der Waals surface area contributed by atoms with Crippen molar-refractivity contribution in [3.63, 3.8) is 0 Å². The van der Waals surface area contributed by atoms with Gasteiger partial charge in [0.15, 0.2) is 0 Å². The maximum absolute atomic E-state index is 12.0. The van der Waals surface area contributed by atoms with Crippen LogP contribution in [0.3, 0.4) is 0 Å². The van der Waals surface area contributed by atoms with Crippen LogP contribution in [0.2, 0.25) is 0 Å². The van der Waals surface area contributed by atoms with Gasteiger partial charge in [-0.1, -0.05) is 24.3 Å². The monoisotopic (exact) mass is 346 g/mol. The minimum Gasteiger partial charge on any atom is -0.435 e. The highest BCUT2D eigenvalue weighted by Gasteiger charge is 2.04. The molecule has 1 nitrogen and oxygen atoms in total. The first-order valence-corrected chi connectivity index (χ1v) is 6.04. The summed E-state index contributed by atoms with van der Waals surface area (Å²) < 4.78 is 29.4. The number of hydrogen-bond donors (Lipinski definition) is 0. The summed E-state index contributed by atoms with van der Waals surface area (Å²) in [6.45, 7) is -2.78. The van der Waals surface area contributed by atoms with Gasteiger partial charge >= 0.3 is 6.61 Å². The van der Waals surface area contributed by atoms with Crippen molar-refractivity contribution in [2.24, 2.45) is 0 Å². The zero-order valence-electron chi connectivity index (χ0n) is 8.74. The van der Waals surface area contributed by atoms with E-state index in [9.17, 15) is 8.78 Å². The van der Waals surface area contributed by atoms with Crippen LogP contribution in [0.25, 0.3) is 11.1 Å². The largest absolute Gasteiger partial charge is 0.435 e. The lowest BCUT2D eigenvalue weighted by Crippen LogP contribution is -2.01. The molecule has 0 fully saturated rings. The zero-order valence-corrected chi connectivity index (χ0v) is 10.9. The summed E-state index contributed by atoms with van der Waals surface area (Å²) >= 11 is 2.23. The summed E-state index contributed by atoms with van der Waals surface area (Å²) in [4.78, 5) is 0. The van der Waals surface area contributed by atoms with Crippen molar-refractivity contribution in [1.29, 1.82) is 0 Å². The molecule has 88 valence electrons. The van der Waals surface area contributed by atoms with Crippen molar-refractivity contribution in [1.82, 2.24) is 0 Å². The van der Waals surface area contributed by atoms with E-state index in [0.29, 0.717) is 0 Å². The van der Waals surface area contributed by atoms with Crippen LogP contribution in [0.1, 0.15) is 0 Å². The third kappa shape index (κ3) is 3.39.